The van der Waals surface area contributed by atoms with E-state index in [0.29, 0.717) is 31.8 Å². The maximum atomic E-state index is 12.6. The second kappa shape index (κ2) is 9.52. The van der Waals surface area contributed by atoms with E-state index in [2.05, 4.69) is 5.32 Å². The van der Waals surface area contributed by atoms with Crippen LogP contribution in [0.25, 0.3) is 0 Å². The van der Waals surface area contributed by atoms with Crippen LogP contribution in [-0.2, 0) is 16.1 Å². The summed E-state index contributed by atoms with van der Waals surface area (Å²) in [6, 6.07) is 11.3. The molecular formula is C18H22N2O4. The van der Waals surface area contributed by atoms with Crippen LogP contribution in [0.3, 0.4) is 0 Å². The molecule has 6 nitrogen and oxygen atoms in total. The lowest BCUT2D eigenvalue weighted by Crippen LogP contribution is -2.35. The van der Waals surface area contributed by atoms with Crippen molar-refractivity contribution in [3.8, 4) is 0 Å². The standard InChI is InChI=1S/C18H22N2O4/c1-23-12-9-19-17(21)7-10-20(13-15-5-3-2-4-6-15)18(22)16-8-11-24-14-16/h2-6,8,11,14H,7,9-10,12-13H2,1H3,(H,19,21). The summed E-state index contributed by atoms with van der Waals surface area (Å²) < 4.78 is 9.88. The minimum Gasteiger partial charge on any atom is -0.472 e. The number of hydrogen-bond acceptors (Lipinski definition) is 4. The molecule has 0 fully saturated rings. The van der Waals surface area contributed by atoms with Crippen molar-refractivity contribution in [3.05, 3.63) is 60.1 Å². The summed E-state index contributed by atoms with van der Waals surface area (Å²) >= 11 is 0. The minimum absolute atomic E-state index is 0.106. The fourth-order valence-electron chi connectivity index (χ4n) is 2.24. The molecule has 0 aliphatic rings. The van der Waals surface area contributed by atoms with Crippen LogP contribution in [0.1, 0.15) is 22.3 Å². The second-order valence-electron chi connectivity index (χ2n) is 5.32. The number of furan rings is 1. The third-order valence-electron chi connectivity index (χ3n) is 3.51. The number of nitrogens with one attached hydrogen (secondary N) is 1. The fourth-order valence-corrected chi connectivity index (χ4v) is 2.24. The number of nitrogens with zero attached hydrogens (tertiary/aromatic N) is 1. The number of amides is 2. The average molecular weight is 330 g/mol. The zero-order valence-electron chi connectivity index (χ0n) is 13.7. The molecule has 2 rings (SSSR count). The Labute approximate surface area is 141 Å². The van der Waals surface area contributed by atoms with Gasteiger partial charge in [0.2, 0.25) is 5.91 Å². The van der Waals surface area contributed by atoms with Crippen molar-refractivity contribution < 1.29 is 18.7 Å². The van der Waals surface area contributed by atoms with Crippen LogP contribution < -0.4 is 5.32 Å². The van der Waals surface area contributed by atoms with E-state index in [1.165, 1.54) is 12.5 Å². The van der Waals surface area contributed by atoms with Crippen molar-refractivity contribution in [2.24, 2.45) is 0 Å². The number of carbonyl (C=O) groups excluding carboxylic acids is 2. The molecule has 0 unspecified atom stereocenters. The monoisotopic (exact) mass is 330 g/mol. The van der Waals surface area contributed by atoms with Gasteiger partial charge in [0.15, 0.2) is 0 Å². The molecule has 6 heteroatoms. The molecule has 24 heavy (non-hydrogen) atoms. The zero-order chi connectivity index (χ0) is 17.2. The Kier molecular flexibility index (Phi) is 7.04. The molecule has 1 aromatic carbocycles. The molecule has 0 atom stereocenters. The van der Waals surface area contributed by atoms with E-state index in [0.717, 1.165) is 5.56 Å². The van der Waals surface area contributed by atoms with Crippen LogP contribution in [0.2, 0.25) is 0 Å². The molecule has 2 amide bonds. The van der Waals surface area contributed by atoms with Crippen molar-refractivity contribution in [2.45, 2.75) is 13.0 Å². The smallest absolute Gasteiger partial charge is 0.257 e. The lowest BCUT2D eigenvalue weighted by molar-refractivity contribution is -0.121. The third kappa shape index (κ3) is 5.55. The maximum Gasteiger partial charge on any atom is 0.257 e. The zero-order valence-corrected chi connectivity index (χ0v) is 13.7. The van der Waals surface area contributed by atoms with Gasteiger partial charge in [-0.3, -0.25) is 9.59 Å². The normalized spacial score (nSPS) is 10.4. The van der Waals surface area contributed by atoms with Crippen molar-refractivity contribution in [3.63, 3.8) is 0 Å². The minimum atomic E-state index is -0.155. The van der Waals surface area contributed by atoms with Gasteiger partial charge in [0.05, 0.1) is 18.4 Å². The Balaban J connectivity index is 1.97. The van der Waals surface area contributed by atoms with E-state index < -0.39 is 0 Å². The Morgan fingerprint density at radius 2 is 2.00 bits per heavy atom. The van der Waals surface area contributed by atoms with Crippen molar-refractivity contribution in [1.82, 2.24) is 10.2 Å². The number of rotatable bonds is 9. The quantitative estimate of drug-likeness (QED) is 0.715. The van der Waals surface area contributed by atoms with Gasteiger partial charge in [-0.15, -0.1) is 0 Å². The maximum absolute atomic E-state index is 12.6. The van der Waals surface area contributed by atoms with Gasteiger partial charge in [-0.1, -0.05) is 30.3 Å². The highest BCUT2D eigenvalue weighted by Crippen LogP contribution is 2.11. The number of methoxy groups -OCH3 is 1. The number of benzene rings is 1. The van der Waals surface area contributed by atoms with Crippen LogP contribution in [0, 0.1) is 0 Å². The highest BCUT2D eigenvalue weighted by Gasteiger charge is 2.18. The van der Waals surface area contributed by atoms with Gasteiger partial charge in [-0.25, -0.2) is 0 Å². The molecule has 2 aromatic rings. The summed E-state index contributed by atoms with van der Waals surface area (Å²) in [6.07, 6.45) is 3.12. The van der Waals surface area contributed by atoms with E-state index in [-0.39, 0.29) is 18.2 Å². The molecule has 1 aromatic heterocycles. The van der Waals surface area contributed by atoms with E-state index in [1.54, 1.807) is 18.1 Å². The van der Waals surface area contributed by atoms with Crippen LogP contribution in [-0.4, -0.2) is 43.5 Å². The van der Waals surface area contributed by atoms with Crippen LogP contribution in [0.5, 0.6) is 0 Å². The first-order chi connectivity index (χ1) is 11.7. The largest absolute Gasteiger partial charge is 0.472 e. The predicted octanol–water partition coefficient (Wildman–Crippen LogP) is 2.07. The van der Waals surface area contributed by atoms with E-state index in [1.807, 2.05) is 30.3 Å². The molecule has 0 spiro atoms. The summed E-state index contributed by atoms with van der Waals surface area (Å²) in [5.74, 6) is -0.262. The van der Waals surface area contributed by atoms with E-state index in [9.17, 15) is 9.59 Å². The van der Waals surface area contributed by atoms with Gasteiger partial charge in [-0.2, -0.15) is 0 Å². The number of ether oxygens (including phenoxy) is 1. The Morgan fingerprint density at radius 1 is 1.21 bits per heavy atom. The summed E-state index contributed by atoms with van der Waals surface area (Å²) in [6.45, 7) is 1.70. The first-order valence-electron chi connectivity index (χ1n) is 7.81. The first-order valence-corrected chi connectivity index (χ1v) is 7.81. The third-order valence-corrected chi connectivity index (χ3v) is 3.51. The average Bonchev–Trinajstić information content (AvgIpc) is 3.13. The molecule has 0 saturated heterocycles. The van der Waals surface area contributed by atoms with Gasteiger partial charge < -0.3 is 19.4 Å². The number of carbonyl (C=O) groups is 2. The Hall–Kier alpha value is -2.60. The predicted molar refractivity (Wildman–Crippen MR) is 89.4 cm³/mol. The van der Waals surface area contributed by atoms with Crippen LogP contribution in [0.4, 0.5) is 0 Å². The highest BCUT2D eigenvalue weighted by atomic mass is 16.5. The molecule has 0 bridgehead atoms. The lowest BCUT2D eigenvalue weighted by Gasteiger charge is -2.22. The molecule has 1 heterocycles. The van der Waals surface area contributed by atoms with Crippen LogP contribution in [0.15, 0.2) is 53.3 Å². The summed E-state index contributed by atoms with van der Waals surface area (Å²) in [4.78, 5) is 26.1. The van der Waals surface area contributed by atoms with Gasteiger partial charge in [0.25, 0.3) is 5.91 Å². The van der Waals surface area contributed by atoms with Crippen molar-refractivity contribution >= 4 is 11.8 Å². The Bertz CT molecular complexity index is 626. The fraction of sp³-hybridized carbons (Fsp3) is 0.333. The number of hydrogen-bond donors (Lipinski definition) is 1. The van der Waals surface area contributed by atoms with Crippen LogP contribution >= 0.6 is 0 Å². The van der Waals surface area contributed by atoms with E-state index >= 15 is 0 Å². The second-order valence-corrected chi connectivity index (χ2v) is 5.32. The SMILES string of the molecule is COCCNC(=O)CCN(Cc1ccccc1)C(=O)c1ccoc1. The molecule has 0 aliphatic heterocycles. The molecule has 0 radical (unpaired) electrons. The Morgan fingerprint density at radius 3 is 2.67 bits per heavy atom. The first kappa shape index (κ1) is 17.7. The molecule has 128 valence electrons. The van der Waals surface area contributed by atoms with Crippen molar-refractivity contribution in [1.29, 1.82) is 0 Å². The molecular weight excluding hydrogens is 308 g/mol. The topological polar surface area (TPSA) is 71.8 Å². The molecule has 1 N–H and O–H groups in total. The molecule has 0 aliphatic carbocycles. The lowest BCUT2D eigenvalue weighted by atomic mass is 10.2. The van der Waals surface area contributed by atoms with Gasteiger partial charge >= 0.3 is 0 Å². The summed E-state index contributed by atoms with van der Waals surface area (Å²) in [7, 11) is 1.58. The summed E-state index contributed by atoms with van der Waals surface area (Å²) in [5.41, 5.74) is 1.49. The highest BCUT2D eigenvalue weighted by molar-refractivity contribution is 5.94. The summed E-state index contributed by atoms with van der Waals surface area (Å²) in [5, 5.41) is 2.76. The van der Waals surface area contributed by atoms with Gasteiger partial charge in [0, 0.05) is 33.2 Å². The van der Waals surface area contributed by atoms with Gasteiger partial charge in [-0.05, 0) is 11.6 Å². The van der Waals surface area contributed by atoms with Gasteiger partial charge in [0.1, 0.15) is 6.26 Å². The van der Waals surface area contributed by atoms with E-state index in [4.69, 9.17) is 9.15 Å². The molecule has 0 saturated carbocycles. The van der Waals surface area contributed by atoms with Crippen molar-refractivity contribution in [2.75, 3.05) is 26.8 Å².